The van der Waals surface area contributed by atoms with E-state index in [4.69, 9.17) is 34.8 Å². The van der Waals surface area contributed by atoms with Crippen molar-refractivity contribution in [2.75, 3.05) is 0 Å². The third-order valence-electron chi connectivity index (χ3n) is 2.59. The summed E-state index contributed by atoms with van der Waals surface area (Å²) in [6.07, 6.45) is 0. The fourth-order valence-corrected chi connectivity index (χ4v) is 3.67. The minimum absolute atomic E-state index is 0.170. The summed E-state index contributed by atoms with van der Waals surface area (Å²) in [4.78, 5) is 16.0. The first-order valence-electron chi connectivity index (χ1n) is 4.80. The first-order valence-corrected chi connectivity index (χ1v) is 6.75. The number of aromatic nitrogens is 1. The first kappa shape index (κ1) is 12.5. The van der Waals surface area contributed by atoms with Crippen LogP contribution in [0.5, 0.6) is 0 Å². The molecule has 1 aromatic carbocycles. The third kappa shape index (κ3) is 1.71. The molecule has 0 saturated heterocycles. The molecule has 0 bridgehead atoms. The molecule has 0 atom stereocenters. The molecule has 0 N–H and O–H groups in total. The van der Waals surface area contributed by atoms with E-state index in [0.29, 0.717) is 10.9 Å². The van der Waals surface area contributed by atoms with Gasteiger partial charge >= 0.3 is 0 Å². The summed E-state index contributed by atoms with van der Waals surface area (Å²) in [6, 6.07) is 3.95. The van der Waals surface area contributed by atoms with Crippen molar-refractivity contribution in [3.8, 4) is 0 Å². The SMILES string of the molecule is O=C1SC(Cl)(Cl)c2nc3cc(F)ccc3c(Cl)c21. The Hall–Kier alpha value is -0.550. The highest BCUT2D eigenvalue weighted by Crippen LogP contribution is 2.54. The van der Waals surface area contributed by atoms with Crippen LogP contribution >= 0.6 is 46.6 Å². The molecule has 2 aromatic rings. The standard InChI is InChI=1S/C11H3Cl3FNOS/c12-8-5-2-1-4(15)3-6(5)16-9-7(8)10(17)18-11(9,13)14/h1-3H. The van der Waals surface area contributed by atoms with E-state index in [-0.39, 0.29) is 21.4 Å². The number of thioether (sulfide) groups is 1. The van der Waals surface area contributed by atoms with Crippen LogP contribution in [-0.2, 0) is 3.67 Å². The summed E-state index contributed by atoms with van der Waals surface area (Å²) in [5.41, 5.74) is 0.689. The van der Waals surface area contributed by atoms with Crippen LogP contribution in [-0.4, -0.2) is 10.1 Å². The lowest BCUT2D eigenvalue weighted by Crippen LogP contribution is -2.04. The zero-order valence-corrected chi connectivity index (χ0v) is 11.6. The van der Waals surface area contributed by atoms with Crippen molar-refractivity contribution >= 4 is 62.6 Å². The summed E-state index contributed by atoms with van der Waals surface area (Å²) in [5.74, 6) is -0.447. The van der Waals surface area contributed by atoms with E-state index >= 15 is 0 Å². The van der Waals surface area contributed by atoms with Crippen LogP contribution in [0, 0.1) is 5.82 Å². The van der Waals surface area contributed by atoms with Crippen LogP contribution in [0.2, 0.25) is 5.02 Å². The van der Waals surface area contributed by atoms with E-state index in [1.54, 1.807) is 0 Å². The Labute approximate surface area is 120 Å². The second-order valence-electron chi connectivity index (χ2n) is 3.72. The maximum Gasteiger partial charge on any atom is 0.226 e. The second-order valence-corrected chi connectivity index (χ2v) is 7.06. The molecule has 0 saturated carbocycles. The van der Waals surface area contributed by atoms with Gasteiger partial charge in [-0.15, -0.1) is 0 Å². The van der Waals surface area contributed by atoms with Crippen molar-refractivity contribution in [1.82, 2.24) is 4.98 Å². The summed E-state index contributed by atoms with van der Waals surface area (Å²) in [5, 5.41) is 0.367. The zero-order chi connectivity index (χ0) is 13.1. The van der Waals surface area contributed by atoms with Crippen molar-refractivity contribution in [2.45, 2.75) is 3.67 Å². The van der Waals surface area contributed by atoms with Gasteiger partial charge in [-0.3, -0.25) is 4.79 Å². The highest BCUT2D eigenvalue weighted by Gasteiger charge is 2.45. The molecule has 0 spiro atoms. The molecule has 0 radical (unpaired) electrons. The summed E-state index contributed by atoms with van der Waals surface area (Å²) in [6.45, 7) is 0. The molecule has 2 nitrogen and oxygen atoms in total. The predicted octanol–water partition coefficient (Wildman–Crippen LogP) is 4.50. The number of hydrogen-bond acceptors (Lipinski definition) is 3. The van der Waals surface area contributed by atoms with Gasteiger partial charge in [0.2, 0.25) is 8.78 Å². The van der Waals surface area contributed by atoms with Gasteiger partial charge in [0.1, 0.15) is 11.5 Å². The number of nitrogens with zero attached hydrogens (tertiary/aromatic N) is 1. The number of fused-ring (bicyclic) bond motifs is 2. The van der Waals surface area contributed by atoms with Crippen molar-refractivity contribution < 1.29 is 9.18 Å². The second kappa shape index (κ2) is 3.97. The smallest absolute Gasteiger partial charge is 0.226 e. The van der Waals surface area contributed by atoms with Crippen LogP contribution in [0.3, 0.4) is 0 Å². The molecule has 18 heavy (non-hydrogen) atoms. The highest BCUT2D eigenvalue weighted by molar-refractivity contribution is 8.17. The normalized spacial score (nSPS) is 17.2. The maximum atomic E-state index is 13.2. The average Bonchev–Trinajstić information content (AvgIpc) is 2.49. The Morgan fingerprint density at radius 3 is 2.78 bits per heavy atom. The topological polar surface area (TPSA) is 30.0 Å². The quantitative estimate of drug-likeness (QED) is 0.669. The molecule has 1 aliphatic heterocycles. The molecule has 3 rings (SSSR count). The van der Waals surface area contributed by atoms with Gasteiger partial charge in [0.25, 0.3) is 0 Å². The van der Waals surface area contributed by atoms with Crippen molar-refractivity contribution in [1.29, 1.82) is 0 Å². The molecular weight excluding hydrogens is 320 g/mol. The summed E-state index contributed by atoms with van der Waals surface area (Å²) < 4.78 is 11.7. The Bertz CT molecular complexity index is 704. The minimum Gasteiger partial charge on any atom is -0.281 e. The van der Waals surface area contributed by atoms with Crippen LogP contribution in [0.4, 0.5) is 4.39 Å². The lowest BCUT2D eigenvalue weighted by molar-refractivity contribution is 0.109. The van der Waals surface area contributed by atoms with Crippen molar-refractivity contribution in [3.63, 3.8) is 0 Å². The molecule has 0 fully saturated rings. The number of pyridine rings is 1. The summed E-state index contributed by atoms with van der Waals surface area (Å²) >= 11 is 18.9. The van der Waals surface area contributed by atoms with Gasteiger partial charge in [0.05, 0.1) is 16.1 Å². The third-order valence-corrected chi connectivity index (χ3v) is 4.64. The van der Waals surface area contributed by atoms with Crippen molar-refractivity contribution in [2.24, 2.45) is 0 Å². The van der Waals surface area contributed by atoms with Gasteiger partial charge in [0, 0.05) is 11.5 Å². The van der Waals surface area contributed by atoms with Gasteiger partial charge in [-0.25, -0.2) is 9.37 Å². The number of hydrogen-bond donors (Lipinski definition) is 0. The Kier molecular flexibility index (Phi) is 2.75. The monoisotopic (exact) mass is 321 g/mol. The fourth-order valence-electron chi connectivity index (χ4n) is 1.81. The van der Waals surface area contributed by atoms with E-state index in [0.717, 1.165) is 11.8 Å². The van der Waals surface area contributed by atoms with Crippen LogP contribution in [0.15, 0.2) is 18.2 Å². The van der Waals surface area contributed by atoms with Gasteiger partial charge in [0.15, 0.2) is 0 Å². The van der Waals surface area contributed by atoms with E-state index in [9.17, 15) is 9.18 Å². The van der Waals surface area contributed by atoms with Gasteiger partial charge in [-0.05, 0) is 23.9 Å². The number of carbonyl (C=O) groups is 1. The molecule has 1 aromatic heterocycles. The van der Waals surface area contributed by atoms with E-state index in [1.165, 1.54) is 18.2 Å². The van der Waals surface area contributed by atoms with Crippen molar-refractivity contribution in [3.05, 3.63) is 40.3 Å². The fraction of sp³-hybridized carbons (Fsp3) is 0.0909. The Balaban J connectivity index is 2.45. The molecule has 0 aliphatic carbocycles. The molecule has 0 unspecified atom stereocenters. The maximum absolute atomic E-state index is 13.2. The minimum atomic E-state index is -1.48. The first-order chi connectivity index (χ1) is 8.40. The molecule has 1 aliphatic rings. The summed E-state index contributed by atoms with van der Waals surface area (Å²) in [7, 11) is 0. The number of benzene rings is 1. The Morgan fingerprint density at radius 2 is 2.06 bits per heavy atom. The number of alkyl halides is 2. The number of carbonyl (C=O) groups excluding carboxylic acids is 1. The van der Waals surface area contributed by atoms with E-state index in [1.807, 2.05) is 0 Å². The lowest BCUT2D eigenvalue weighted by atomic mass is 10.1. The van der Waals surface area contributed by atoms with Gasteiger partial charge in [-0.2, -0.15) is 0 Å². The Morgan fingerprint density at radius 1 is 1.33 bits per heavy atom. The lowest BCUT2D eigenvalue weighted by Gasteiger charge is -2.11. The molecule has 2 heterocycles. The number of rotatable bonds is 0. The molecule has 7 heteroatoms. The van der Waals surface area contributed by atoms with E-state index < -0.39 is 9.48 Å². The highest BCUT2D eigenvalue weighted by atomic mass is 35.5. The predicted molar refractivity (Wildman–Crippen MR) is 72.0 cm³/mol. The van der Waals surface area contributed by atoms with Gasteiger partial charge < -0.3 is 0 Å². The van der Waals surface area contributed by atoms with Gasteiger partial charge in [-0.1, -0.05) is 34.8 Å². The molecule has 0 amide bonds. The van der Waals surface area contributed by atoms with Crippen LogP contribution < -0.4 is 0 Å². The molecular formula is C11H3Cl3FNOS. The van der Waals surface area contributed by atoms with Crippen LogP contribution in [0.1, 0.15) is 16.1 Å². The largest absolute Gasteiger partial charge is 0.281 e. The van der Waals surface area contributed by atoms with E-state index in [2.05, 4.69) is 4.98 Å². The molecule has 92 valence electrons. The zero-order valence-electron chi connectivity index (χ0n) is 8.51. The number of halogens is 4. The van der Waals surface area contributed by atoms with Crippen LogP contribution in [0.25, 0.3) is 10.9 Å². The average molecular weight is 323 g/mol.